The number of hydrogen-bond donors (Lipinski definition) is 2. The van der Waals surface area contributed by atoms with E-state index in [0.717, 1.165) is 28.0 Å². The highest BCUT2D eigenvalue weighted by molar-refractivity contribution is 6.31. The molecule has 1 saturated heterocycles. The van der Waals surface area contributed by atoms with Gasteiger partial charge in [0.1, 0.15) is 24.2 Å². The van der Waals surface area contributed by atoms with E-state index in [4.69, 9.17) is 21.1 Å². The molecule has 2 aromatic heterocycles. The maximum atomic E-state index is 12.6. The van der Waals surface area contributed by atoms with Crippen LogP contribution in [0.25, 0.3) is 11.2 Å². The zero-order valence-electron chi connectivity index (χ0n) is 21.0. The maximum absolute atomic E-state index is 12.6. The van der Waals surface area contributed by atoms with Gasteiger partial charge < -0.3 is 24.7 Å². The monoisotopic (exact) mass is 520 g/mol. The molecule has 192 valence electrons. The summed E-state index contributed by atoms with van der Waals surface area (Å²) in [6.45, 7) is 7.81. The number of amides is 1. The van der Waals surface area contributed by atoms with Crippen LogP contribution in [-0.2, 0) is 11.3 Å². The number of carbonyl (C=O) groups is 1. The molecule has 1 atom stereocenters. The molecule has 0 aliphatic carbocycles. The van der Waals surface area contributed by atoms with Gasteiger partial charge in [0.2, 0.25) is 0 Å². The molecule has 1 fully saturated rings. The van der Waals surface area contributed by atoms with Crippen LogP contribution in [0, 0.1) is 6.92 Å². The van der Waals surface area contributed by atoms with Crippen LogP contribution in [0.1, 0.15) is 48.1 Å². The van der Waals surface area contributed by atoms with Crippen molar-refractivity contribution in [2.24, 2.45) is 0 Å². The molecule has 2 aromatic carbocycles. The van der Waals surface area contributed by atoms with Crippen molar-refractivity contribution in [2.45, 2.75) is 39.3 Å². The van der Waals surface area contributed by atoms with E-state index in [1.54, 1.807) is 11.2 Å². The minimum atomic E-state index is -0.320. The Morgan fingerprint density at radius 1 is 1.24 bits per heavy atom. The molecule has 0 bridgehead atoms. The van der Waals surface area contributed by atoms with Crippen molar-refractivity contribution >= 4 is 34.7 Å². The molecule has 37 heavy (non-hydrogen) atoms. The third-order valence-corrected chi connectivity index (χ3v) is 7.02. The molecular formula is C27H29ClN6O3. The van der Waals surface area contributed by atoms with Crippen LogP contribution in [0.5, 0.6) is 5.75 Å². The van der Waals surface area contributed by atoms with Gasteiger partial charge in [-0.05, 0) is 38.0 Å². The van der Waals surface area contributed by atoms with Gasteiger partial charge in [0.15, 0.2) is 11.5 Å². The van der Waals surface area contributed by atoms with Gasteiger partial charge >= 0.3 is 6.09 Å². The lowest BCUT2D eigenvalue weighted by molar-refractivity contribution is 0.0657. The van der Waals surface area contributed by atoms with Crippen molar-refractivity contribution in [3.05, 3.63) is 76.3 Å². The Morgan fingerprint density at radius 3 is 2.78 bits per heavy atom. The lowest BCUT2D eigenvalue weighted by atomic mass is 9.85. The SMILES string of the molecule is CCOc1c(C(C)Nc2ncnc3[nH]cnc23)cc(Cl)c(C)c1C1CN(C(=O)OCc2ccccc2)C1. The number of ether oxygens (including phenoxy) is 2. The fraction of sp³-hybridized carbons (Fsp3) is 0.333. The Kier molecular flexibility index (Phi) is 7.14. The standard InChI is InChI=1S/C27H29ClN6O3/c1-4-36-24-20(17(3)33-26-23-25(30-14-29-23)31-15-32-26)10-21(28)16(2)22(24)19-11-34(12-19)27(35)37-13-18-8-6-5-7-9-18/h5-10,14-15,17,19H,4,11-13H2,1-3H3,(H2,29,30,31,32,33). The number of benzene rings is 2. The summed E-state index contributed by atoms with van der Waals surface area (Å²) in [6, 6.07) is 11.4. The third-order valence-electron chi connectivity index (χ3n) is 6.63. The topological polar surface area (TPSA) is 105 Å². The third kappa shape index (κ3) is 5.04. The first-order chi connectivity index (χ1) is 18.0. The highest BCUT2D eigenvalue weighted by Crippen LogP contribution is 2.44. The van der Waals surface area contributed by atoms with Gasteiger partial charge in [-0.3, -0.25) is 0 Å². The molecule has 4 aromatic rings. The Balaban J connectivity index is 1.35. The van der Waals surface area contributed by atoms with E-state index in [1.807, 2.05) is 57.2 Å². The summed E-state index contributed by atoms with van der Waals surface area (Å²) in [5.41, 5.74) is 5.18. The highest BCUT2D eigenvalue weighted by atomic mass is 35.5. The van der Waals surface area contributed by atoms with Gasteiger partial charge in [-0.15, -0.1) is 0 Å². The van der Waals surface area contributed by atoms with Crippen molar-refractivity contribution in [1.82, 2.24) is 24.8 Å². The first-order valence-corrected chi connectivity index (χ1v) is 12.7. The first kappa shape index (κ1) is 24.8. The van der Waals surface area contributed by atoms with Crippen LogP contribution in [0.2, 0.25) is 5.02 Å². The number of carbonyl (C=O) groups excluding carboxylic acids is 1. The molecule has 5 rings (SSSR count). The molecular weight excluding hydrogens is 492 g/mol. The number of nitrogens with one attached hydrogen (secondary N) is 2. The summed E-state index contributed by atoms with van der Waals surface area (Å²) in [7, 11) is 0. The number of nitrogens with zero attached hydrogens (tertiary/aromatic N) is 4. The summed E-state index contributed by atoms with van der Waals surface area (Å²) in [6.07, 6.45) is 2.76. The average Bonchev–Trinajstić information content (AvgIpc) is 3.36. The van der Waals surface area contributed by atoms with Crippen molar-refractivity contribution < 1.29 is 14.3 Å². The summed E-state index contributed by atoms with van der Waals surface area (Å²) < 4.78 is 11.7. The predicted molar refractivity (Wildman–Crippen MR) is 142 cm³/mol. The zero-order chi connectivity index (χ0) is 25.9. The van der Waals surface area contributed by atoms with Crippen LogP contribution >= 0.6 is 11.6 Å². The molecule has 3 heterocycles. The molecule has 0 spiro atoms. The van der Waals surface area contributed by atoms with E-state index in [9.17, 15) is 4.79 Å². The van der Waals surface area contributed by atoms with Gasteiger partial charge in [0, 0.05) is 35.2 Å². The van der Waals surface area contributed by atoms with E-state index >= 15 is 0 Å². The number of aromatic nitrogens is 4. The van der Waals surface area contributed by atoms with Gasteiger partial charge in [-0.25, -0.2) is 19.7 Å². The Labute approximate surface area is 220 Å². The summed E-state index contributed by atoms with van der Waals surface area (Å²) in [5.74, 6) is 1.50. The van der Waals surface area contributed by atoms with Crippen LogP contribution in [0.15, 0.2) is 49.1 Å². The van der Waals surface area contributed by atoms with Gasteiger partial charge in [-0.2, -0.15) is 0 Å². The minimum absolute atomic E-state index is 0.0903. The lowest BCUT2D eigenvalue weighted by Crippen LogP contribution is -2.49. The first-order valence-electron chi connectivity index (χ1n) is 12.3. The predicted octanol–water partition coefficient (Wildman–Crippen LogP) is 5.62. The number of fused-ring (bicyclic) bond motifs is 1. The van der Waals surface area contributed by atoms with Crippen LogP contribution in [-0.4, -0.2) is 50.6 Å². The second kappa shape index (κ2) is 10.6. The fourth-order valence-corrected chi connectivity index (χ4v) is 4.88. The fourth-order valence-electron chi connectivity index (χ4n) is 4.66. The van der Waals surface area contributed by atoms with E-state index in [1.165, 1.54) is 6.33 Å². The van der Waals surface area contributed by atoms with Crippen molar-refractivity contribution in [3.63, 3.8) is 0 Å². The average molecular weight is 521 g/mol. The van der Waals surface area contributed by atoms with Gasteiger partial charge in [0.05, 0.1) is 19.0 Å². The molecule has 0 radical (unpaired) electrons. The number of hydrogen-bond acceptors (Lipinski definition) is 7. The summed E-state index contributed by atoms with van der Waals surface area (Å²) in [4.78, 5) is 30.2. The summed E-state index contributed by atoms with van der Waals surface area (Å²) in [5, 5.41) is 4.09. The van der Waals surface area contributed by atoms with Crippen LogP contribution in [0.4, 0.5) is 10.6 Å². The second-order valence-corrected chi connectivity index (χ2v) is 9.49. The molecule has 1 aliphatic heterocycles. The largest absolute Gasteiger partial charge is 0.493 e. The van der Waals surface area contributed by atoms with Crippen molar-refractivity contribution in [1.29, 1.82) is 0 Å². The minimum Gasteiger partial charge on any atom is -0.493 e. The van der Waals surface area contributed by atoms with E-state index in [-0.39, 0.29) is 24.7 Å². The number of halogens is 1. The van der Waals surface area contributed by atoms with Gasteiger partial charge in [0.25, 0.3) is 0 Å². The lowest BCUT2D eigenvalue weighted by Gasteiger charge is -2.40. The number of likely N-dealkylation sites (tertiary alicyclic amines) is 1. The van der Waals surface area contributed by atoms with Crippen molar-refractivity contribution in [2.75, 3.05) is 25.0 Å². The highest BCUT2D eigenvalue weighted by Gasteiger charge is 2.37. The quantitative estimate of drug-likeness (QED) is 0.310. The Hall–Kier alpha value is -3.85. The number of anilines is 1. The molecule has 1 aliphatic rings. The zero-order valence-corrected chi connectivity index (χ0v) is 21.7. The molecule has 0 saturated carbocycles. The smallest absolute Gasteiger partial charge is 0.410 e. The van der Waals surface area contributed by atoms with Crippen LogP contribution in [0.3, 0.4) is 0 Å². The Morgan fingerprint density at radius 2 is 2.03 bits per heavy atom. The molecule has 2 N–H and O–H groups in total. The van der Waals surface area contributed by atoms with Crippen molar-refractivity contribution in [3.8, 4) is 5.75 Å². The Bertz CT molecular complexity index is 1400. The second-order valence-electron chi connectivity index (χ2n) is 9.08. The normalized spacial score (nSPS) is 14.3. The molecule has 9 nitrogen and oxygen atoms in total. The molecule has 1 unspecified atom stereocenters. The van der Waals surface area contributed by atoms with E-state index in [2.05, 4.69) is 25.3 Å². The maximum Gasteiger partial charge on any atom is 0.410 e. The van der Waals surface area contributed by atoms with E-state index in [0.29, 0.717) is 41.7 Å². The van der Waals surface area contributed by atoms with E-state index < -0.39 is 0 Å². The molecule has 10 heteroatoms. The number of imidazole rings is 1. The number of H-pyrrole nitrogens is 1. The number of rotatable bonds is 8. The van der Waals surface area contributed by atoms with Gasteiger partial charge in [-0.1, -0.05) is 41.9 Å². The van der Waals surface area contributed by atoms with Crippen LogP contribution < -0.4 is 10.1 Å². The number of aromatic amines is 1. The molecule has 1 amide bonds. The summed E-state index contributed by atoms with van der Waals surface area (Å²) >= 11 is 6.73.